The molecule has 2 heteroatoms. The molecule has 0 heterocycles. The van der Waals surface area contributed by atoms with Crippen LogP contribution in [0.25, 0.3) is 0 Å². The highest BCUT2D eigenvalue weighted by Crippen LogP contribution is 2.26. The number of hydrogen-bond acceptors (Lipinski definition) is 1. The van der Waals surface area contributed by atoms with Crippen LogP contribution < -0.4 is 10.1 Å². The fourth-order valence-electron chi connectivity index (χ4n) is 3.08. The number of rotatable bonds is 4. The van der Waals surface area contributed by atoms with E-state index >= 15 is 0 Å². The molecule has 0 radical (unpaired) electrons. The van der Waals surface area contributed by atoms with Gasteiger partial charge >= 0.3 is 0 Å². The van der Waals surface area contributed by atoms with Crippen molar-refractivity contribution < 1.29 is 10.1 Å². The van der Waals surface area contributed by atoms with Crippen LogP contribution in [-0.4, -0.2) is 7.11 Å². The first-order chi connectivity index (χ1) is 9.86. The molecule has 104 valence electrons. The van der Waals surface area contributed by atoms with Gasteiger partial charge in [-0.1, -0.05) is 24.3 Å². The van der Waals surface area contributed by atoms with Crippen molar-refractivity contribution in [2.24, 2.45) is 0 Å². The van der Waals surface area contributed by atoms with E-state index in [0.717, 1.165) is 12.3 Å². The lowest BCUT2D eigenvalue weighted by molar-refractivity contribution is -0.712. The van der Waals surface area contributed by atoms with Crippen LogP contribution in [-0.2, 0) is 13.0 Å². The van der Waals surface area contributed by atoms with Crippen molar-refractivity contribution in [3.05, 3.63) is 65.2 Å². The standard InChI is InChI=1S/C18H21NO/c1-20-16-11-9-14(10-12-16)13-19-18-8-4-6-15-5-2-3-7-17(15)18/h2-3,5,7,9-12,18-19H,4,6,8,13H2,1H3/p+1/t18-/m1/s1. The Hall–Kier alpha value is -1.80. The number of hydrogen-bond donors (Lipinski definition) is 1. The maximum absolute atomic E-state index is 5.20. The molecule has 2 aromatic carbocycles. The molecule has 2 N–H and O–H groups in total. The lowest BCUT2D eigenvalue weighted by Crippen LogP contribution is -2.84. The molecule has 0 saturated carbocycles. The maximum Gasteiger partial charge on any atom is 0.118 e. The van der Waals surface area contributed by atoms with Crippen molar-refractivity contribution in [2.45, 2.75) is 31.8 Å². The molecular formula is C18H22NO+. The molecular weight excluding hydrogens is 246 g/mol. The van der Waals surface area contributed by atoms with Crippen molar-refractivity contribution in [1.82, 2.24) is 0 Å². The van der Waals surface area contributed by atoms with Crippen molar-refractivity contribution in [1.29, 1.82) is 0 Å². The van der Waals surface area contributed by atoms with Gasteiger partial charge < -0.3 is 10.1 Å². The number of benzene rings is 2. The summed E-state index contributed by atoms with van der Waals surface area (Å²) >= 11 is 0. The van der Waals surface area contributed by atoms with E-state index in [1.54, 1.807) is 7.11 Å². The largest absolute Gasteiger partial charge is 0.497 e. The quantitative estimate of drug-likeness (QED) is 0.906. The molecule has 0 spiro atoms. The van der Waals surface area contributed by atoms with Crippen LogP contribution in [0.3, 0.4) is 0 Å². The van der Waals surface area contributed by atoms with Gasteiger partial charge in [0.25, 0.3) is 0 Å². The molecule has 2 aromatic rings. The van der Waals surface area contributed by atoms with Crippen molar-refractivity contribution in [2.75, 3.05) is 7.11 Å². The zero-order valence-electron chi connectivity index (χ0n) is 12.0. The van der Waals surface area contributed by atoms with Crippen LogP contribution >= 0.6 is 0 Å². The summed E-state index contributed by atoms with van der Waals surface area (Å²) in [5.41, 5.74) is 4.43. The Bertz CT molecular complexity index is 562. The smallest absolute Gasteiger partial charge is 0.118 e. The number of aryl methyl sites for hydroxylation is 1. The summed E-state index contributed by atoms with van der Waals surface area (Å²) in [7, 11) is 1.71. The third kappa shape index (κ3) is 2.86. The van der Waals surface area contributed by atoms with E-state index in [4.69, 9.17) is 4.74 Å². The Morgan fingerprint density at radius 3 is 2.70 bits per heavy atom. The van der Waals surface area contributed by atoms with Gasteiger partial charge in [-0.25, -0.2) is 0 Å². The molecule has 0 aliphatic heterocycles. The highest BCUT2D eigenvalue weighted by Gasteiger charge is 2.21. The summed E-state index contributed by atoms with van der Waals surface area (Å²) in [5.74, 6) is 0.928. The monoisotopic (exact) mass is 268 g/mol. The molecule has 3 rings (SSSR count). The summed E-state index contributed by atoms with van der Waals surface area (Å²) in [6.45, 7) is 1.03. The van der Waals surface area contributed by atoms with Crippen molar-refractivity contribution >= 4 is 0 Å². The minimum Gasteiger partial charge on any atom is -0.497 e. The van der Waals surface area contributed by atoms with Crippen LogP contribution in [0.4, 0.5) is 0 Å². The maximum atomic E-state index is 5.20. The Balaban J connectivity index is 1.66. The highest BCUT2D eigenvalue weighted by atomic mass is 16.5. The Morgan fingerprint density at radius 2 is 1.90 bits per heavy atom. The van der Waals surface area contributed by atoms with E-state index in [2.05, 4.69) is 41.7 Å². The summed E-state index contributed by atoms with van der Waals surface area (Å²) in [6.07, 6.45) is 3.83. The molecule has 0 unspecified atom stereocenters. The lowest BCUT2D eigenvalue weighted by atomic mass is 9.87. The summed E-state index contributed by atoms with van der Waals surface area (Å²) < 4.78 is 5.20. The fourth-order valence-corrected chi connectivity index (χ4v) is 3.08. The van der Waals surface area contributed by atoms with E-state index < -0.39 is 0 Å². The molecule has 0 fully saturated rings. The Labute approximate surface area is 120 Å². The van der Waals surface area contributed by atoms with Gasteiger partial charge in [0.05, 0.1) is 7.11 Å². The topological polar surface area (TPSA) is 25.8 Å². The molecule has 0 bridgehead atoms. The van der Waals surface area contributed by atoms with Crippen LogP contribution in [0.1, 0.15) is 35.6 Å². The summed E-state index contributed by atoms with van der Waals surface area (Å²) in [5, 5.41) is 2.47. The SMILES string of the molecule is COc1ccc(C[NH2+][C@@H]2CCCc3ccccc32)cc1. The van der Waals surface area contributed by atoms with Gasteiger partial charge in [0.15, 0.2) is 0 Å². The third-order valence-electron chi connectivity index (χ3n) is 4.21. The van der Waals surface area contributed by atoms with Gasteiger partial charge in [0.1, 0.15) is 18.3 Å². The number of methoxy groups -OCH3 is 1. The molecule has 1 atom stereocenters. The van der Waals surface area contributed by atoms with E-state index in [9.17, 15) is 0 Å². The van der Waals surface area contributed by atoms with Crippen LogP contribution in [0.15, 0.2) is 48.5 Å². The van der Waals surface area contributed by atoms with Crippen LogP contribution in [0.5, 0.6) is 5.75 Å². The summed E-state index contributed by atoms with van der Waals surface area (Å²) in [4.78, 5) is 0. The van der Waals surface area contributed by atoms with Gasteiger partial charge in [-0.3, -0.25) is 0 Å². The minimum absolute atomic E-state index is 0.613. The zero-order valence-corrected chi connectivity index (χ0v) is 12.0. The normalized spacial score (nSPS) is 17.6. The van der Waals surface area contributed by atoms with E-state index in [1.165, 1.54) is 36.0 Å². The third-order valence-corrected chi connectivity index (χ3v) is 4.21. The van der Waals surface area contributed by atoms with Gasteiger partial charge in [-0.2, -0.15) is 0 Å². The van der Waals surface area contributed by atoms with Gasteiger partial charge in [0, 0.05) is 17.5 Å². The lowest BCUT2D eigenvalue weighted by Gasteiger charge is -2.23. The van der Waals surface area contributed by atoms with E-state index in [0.29, 0.717) is 6.04 Å². The second-order valence-electron chi connectivity index (χ2n) is 5.49. The van der Waals surface area contributed by atoms with Crippen molar-refractivity contribution in [3.63, 3.8) is 0 Å². The number of quaternary nitrogens is 1. The highest BCUT2D eigenvalue weighted by molar-refractivity contribution is 5.31. The average molecular weight is 268 g/mol. The second-order valence-corrected chi connectivity index (χ2v) is 5.49. The number of fused-ring (bicyclic) bond motifs is 1. The molecule has 1 aliphatic carbocycles. The van der Waals surface area contributed by atoms with Crippen LogP contribution in [0.2, 0.25) is 0 Å². The minimum atomic E-state index is 0.613. The molecule has 0 amide bonds. The predicted octanol–water partition coefficient (Wildman–Crippen LogP) is 2.84. The number of ether oxygens (including phenoxy) is 1. The Kier molecular flexibility index (Phi) is 4.03. The second kappa shape index (κ2) is 6.10. The molecule has 1 aliphatic rings. The first-order valence-corrected chi connectivity index (χ1v) is 7.41. The predicted molar refractivity (Wildman–Crippen MR) is 80.7 cm³/mol. The summed E-state index contributed by atoms with van der Waals surface area (Å²) in [6, 6.07) is 17.9. The first-order valence-electron chi connectivity index (χ1n) is 7.41. The average Bonchev–Trinajstić information content (AvgIpc) is 2.53. The van der Waals surface area contributed by atoms with Gasteiger partial charge in [0.2, 0.25) is 0 Å². The molecule has 20 heavy (non-hydrogen) atoms. The Morgan fingerprint density at radius 1 is 1.10 bits per heavy atom. The molecule has 0 saturated heterocycles. The molecule has 2 nitrogen and oxygen atoms in total. The van der Waals surface area contributed by atoms with E-state index in [-0.39, 0.29) is 0 Å². The van der Waals surface area contributed by atoms with Crippen LogP contribution in [0, 0.1) is 0 Å². The zero-order chi connectivity index (χ0) is 13.8. The first kappa shape index (κ1) is 13.2. The van der Waals surface area contributed by atoms with Gasteiger partial charge in [-0.05, 0) is 42.7 Å². The fraction of sp³-hybridized carbons (Fsp3) is 0.333. The van der Waals surface area contributed by atoms with Gasteiger partial charge in [-0.15, -0.1) is 0 Å². The number of nitrogens with two attached hydrogens (primary N) is 1. The molecule has 0 aromatic heterocycles. The van der Waals surface area contributed by atoms with E-state index in [1.807, 2.05) is 12.1 Å². The van der Waals surface area contributed by atoms with Crippen molar-refractivity contribution in [3.8, 4) is 5.75 Å².